The molecule has 0 heterocycles. The van der Waals surface area contributed by atoms with Gasteiger partial charge in [0.2, 0.25) is 5.91 Å². The fourth-order valence-corrected chi connectivity index (χ4v) is 6.36. The van der Waals surface area contributed by atoms with E-state index in [-0.39, 0.29) is 31.2 Å². The number of anilines is 1. The molecule has 44 heavy (non-hydrogen) atoms. The largest absolute Gasteiger partial charge is 0.457 e. The number of benzene rings is 4. The Hall–Kier alpha value is -3.94. The van der Waals surface area contributed by atoms with Gasteiger partial charge in [-0.25, -0.2) is 13.5 Å². The number of carbonyl (C=O) groups excluding carboxylic acids is 2. The molecule has 228 valence electrons. The molecular weight excluding hydrogens is 571 g/mol. The summed E-state index contributed by atoms with van der Waals surface area (Å²) in [4.78, 5) is 29.1. The summed E-state index contributed by atoms with van der Waals surface area (Å²) in [6.07, 6.45) is 6.28. The van der Waals surface area contributed by atoms with E-state index in [1.165, 1.54) is 67.3 Å². The van der Waals surface area contributed by atoms with Crippen molar-refractivity contribution in [3.8, 4) is 0 Å². The Morgan fingerprint density at radius 2 is 1.57 bits per heavy atom. The van der Waals surface area contributed by atoms with E-state index in [0.717, 1.165) is 16.0 Å². The molecule has 4 aromatic rings. The van der Waals surface area contributed by atoms with Crippen LogP contribution in [0.1, 0.15) is 70.6 Å². The molecule has 1 amide bonds. The lowest BCUT2D eigenvalue weighted by molar-refractivity contribution is -0.118. The van der Waals surface area contributed by atoms with Crippen molar-refractivity contribution in [2.75, 3.05) is 18.5 Å². The number of likely N-dealkylation sites (N-methyl/N-ethyl adjacent to an activating group) is 1. The van der Waals surface area contributed by atoms with Gasteiger partial charge in [-0.2, -0.15) is 0 Å². The molecule has 0 atom stereocenters. The standard InChI is InChI=1S/C37H39FN2O3S/c1-27-13-20-33(21-14-27)44-39(2)25-36(41)40(24-28-15-17-31(18-16-28)30-11-7-4-8-12-30)32-19-22-34(35(38)23-32)37(42)43-26-29-9-5-3-6-10-29/h3,5-6,9-10,13-23,30H,4,7-8,11-12,24-26H2,1-2H3. The molecule has 1 aliphatic rings. The van der Waals surface area contributed by atoms with Gasteiger partial charge in [0.1, 0.15) is 12.4 Å². The van der Waals surface area contributed by atoms with E-state index in [2.05, 4.69) is 24.3 Å². The molecule has 0 N–H and O–H groups in total. The summed E-state index contributed by atoms with van der Waals surface area (Å²) >= 11 is 1.48. The van der Waals surface area contributed by atoms with E-state index < -0.39 is 11.8 Å². The van der Waals surface area contributed by atoms with Crippen LogP contribution in [-0.2, 0) is 22.7 Å². The quantitative estimate of drug-likeness (QED) is 0.126. The van der Waals surface area contributed by atoms with Crippen LogP contribution in [-0.4, -0.2) is 29.8 Å². The summed E-state index contributed by atoms with van der Waals surface area (Å²) in [7, 11) is 1.87. The smallest absolute Gasteiger partial charge is 0.341 e. The van der Waals surface area contributed by atoms with E-state index in [1.807, 2.05) is 72.9 Å². The zero-order valence-corrected chi connectivity index (χ0v) is 26.2. The van der Waals surface area contributed by atoms with Crippen LogP contribution in [0.2, 0.25) is 0 Å². The maximum Gasteiger partial charge on any atom is 0.341 e. The van der Waals surface area contributed by atoms with Gasteiger partial charge >= 0.3 is 5.97 Å². The number of nitrogens with zero attached hydrogens (tertiary/aromatic N) is 2. The summed E-state index contributed by atoms with van der Waals surface area (Å²) < 4.78 is 22.6. The summed E-state index contributed by atoms with van der Waals surface area (Å²) in [5.74, 6) is -1.06. The molecule has 1 aliphatic carbocycles. The molecule has 0 saturated heterocycles. The lowest BCUT2D eigenvalue weighted by Gasteiger charge is -2.26. The summed E-state index contributed by atoms with van der Waals surface area (Å²) in [6, 6.07) is 30.1. The first-order valence-electron chi connectivity index (χ1n) is 15.2. The fraction of sp³-hybridized carbons (Fsp3) is 0.297. The van der Waals surface area contributed by atoms with Crippen LogP contribution in [0.3, 0.4) is 0 Å². The molecule has 0 radical (unpaired) electrons. The molecule has 1 fully saturated rings. The van der Waals surface area contributed by atoms with E-state index in [1.54, 1.807) is 11.0 Å². The third-order valence-electron chi connectivity index (χ3n) is 8.04. The molecule has 0 spiro atoms. The van der Waals surface area contributed by atoms with E-state index >= 15 is 4.39 Å². The number of ether oxygens (including phenoxy) is 1. The van der Waals surface area contributed by atoms with Gasteiger partial charge in [-0.15, -0.1) is 0 Å². The highest BCUT2D eigenvalue weighted by atomic mass is 32.2. The number of aryl methyl sites for hydroxylation is 1. The molecule has 0 bridgehead atoms. The van der Waals surface area contributed by atoms with Gasteiger partial charge in [0.15, 0.2) is 0 Å². The van der Waals surface area contributed by atoms with Gasteiger partial charge in [-0.05, 0) is 91.7 Å². The van der Waals surface area contributed by atoms with Crippen molar-refractivity contribution in [1.29, 1.82) is 0 Å². The van der Waals surface area contributed by atoms with E-state index in [4.69, 9.17) is 4.74 Å². The van der Waals surface area contributed by atoms with Gasteiger partial charge in [0, 0.05) is 10.6 Å². The minimum atomic E-state index is -0.747. The summed E-state index contributed by atoms with van der Waals surface area (Å²) in [5, 5.41) is 0. The van der Waals surface area contributed by atoms with Gasteiger partial charge in [-0.1, -0.05) is 91.6 Å². The zero-order valence-electron chi connectivity index (χ0n) is 25.4. The minimum absolute atomic E-state index is 0.0489. The molecule has 5 nitrogen and oxygen atoms in total. The summed E-state index contributed by atoms with van der Waals surface area (Å²) in [5.41, 5.74) is 4.50. The highest BCUT2D eigenvalue weighted by Gasteiger charge is 2.22. The molecule has 5 rings (SSSR count). The Morgan fingerprint density at radius 3 is 2.25 bits per heavy atom. The predicted molar refractivity (Wildman–Crippen MR) is 175 cm³/mol. The van der Waals surface area contributed by atoms with Gasteiger partial charge < -0.3 is 9.64 Å². The Morgan fingerprint density at radius 1 is 0.864 bits per heavy atom. The van der Waals surface area contributed by atoms with E-state index in [9.17, 15) is 9.59 Å². The monoisotopic (exact) mass is 610 g/mol. The van der Waals surface area contributed by atoms with Crippen LogP contribution in [0.4, 0.5) is 10.1 Å². The van der Waals surface area contributed by atoms with Gasteiger partial charge in [0.25, 0.3) is 0 Å². The molecule has 1 saturated carbocycles. The maximum absolute atomic E-state index is 15.4. The van der Waals surface area contributed by atoms with Crippen molar-refractivity contribution < 1.29 is 18.7 Å². The van der Waals surface area contributed by atoms with Crippen LogP contribution in [0.5, 0.6) is 0 Å². The topological polar surface area (TPSA) is 49.9 Å². The Bertz CT molecular complexity index is 1540. The zero-order chi connectivity index (χ0) is 30.9. The van der Waals surface area contributed by atoms with E-state index in [0.29, 0.717) is 11.6 Å². The number of esters is 1. The molecule has 0 aliphatic heterocycles. The van der Waals surface area contributed by atoms with Crippen LogP contribution in [0.15, 0.2) is 102 Å². The third-order valence-corrected chi connectivity index (χ3v) is 8.96. The van der Waals surface area contributed by atoms with Gasteiger partial charge in [-0.3, -0.25) is 4.79 Å². The van der Waals surface area contributed by atoms with Crippen molar-refractivity contribution in [3.63, 3.8) is 0 Å². The number of halogens is 1. The van der Waals surface area contributed by atoms with Gasteiger partial charge in [0.05, 0.1) is 18.7 Å². The first-order chi connectivity index (χ1) is 21.4. The van der Waals surface area contributed by atoms with Crippen LogP contribution in [0, 0.1) is 12.7 Å². The molecule has 0 unspecified atom stereocenters. The minimum Gasteiger partial charge on any atom is -0.457 e. The van der Waals surface area contributed by atoms with Crippen molar-refractivity contribution >= 4 is 29.5 Å². The third kappa shape index (κ3) is 8.58. The first-order valence-corrected chi connectivity index (χ1v) is 16.0. The Labute approximate surface area is 264 Å². The molecular formula is C37H39FN2O3S. The lowest BCUT2D eigenvalue weighted by Crippen LogP contribution is -2.37. The molecule has 0 aromatic heterocycles. The number of amides is 1. The first kappa shape index (κ1) is 31.5. The SMILES string of the molecule is Cc1ccc(SN(C)CC(=O)N(Cc2ccc(C3CCCCC3)cc2)c2ccc(C(=O)OCc3ccccc3)c(F)c2)cc1. The van der Waals surface area contributed by atoms with Crippen LogP contribution in [0.25, 0.3) is 0 Å². The van der Waals surface area contributed by atoms with Crippen molar-refractivity contribution in [2.24, 2.45) is 0 Å². The number of hydrogen-bond acceptors (Lipinski definition) is 5. The number of carbonyl (C=O) groups is 2. The highest BCUT2D eigenvalue weighted by molar-refractivity contribution is 7.97. The molecule has 4 aromatic carbocycles. The Kier molecular flexibility index (Phi) is 10.9. The number of rotatable bonds is 11. The average Bonchev–Trinajstić information content (AvgIpc) is 3.04. The van der Waals surface area contributed by atoms with Crippen LogP contribution >= 0.6 is 11.9 Å². The van der Waals surface area contributed by atoms with Crippen molar-refractivity contribution in [1.82, 2.24) is 4.31 Å². The second kappa shape index (κ2) is 15.2. The average molecular weight is 611 g/mol. The number of hydrogen-bond donors (Lipinski definition) is 0. The van der Waals surface area contributed by atoms with Crippen molar-refractivity contribution in [2.45, 2.75) is 63.0 Å². The second-order valence-corrected chi connectivity index (χ2v) is 12.7. The fourth-order valence-electron chi connectivity index (χ4n) is 5.56. The maximum atomic E-state index is 15.4. The second-order valence-electron chi connectivity index (χ2n) is 11.5. The summed E-state index contributed by atoms with van der Waals surface area (Å²) in [6.45, 7) is 2.48. The highest BCUT2D eigenvalue weighted by Crippen LogP contribution is 2.33. The van der Waals surface area contributed by atoms with Crippen LogP contribution < -0.4 is 4.90 Å². The van der Waals surface area contributed by atoms with Crippen molar-refractivity contribution in [3.05, 3.63) is 131 Å². The lowest BCUT2D eigenvalue weighted by atomic mass is 9.84. The Balaban J connectivity index is 1.33. The normalized spacial score (nSPS) is 13.5. The molecule has 7 heteroatoms. The predicted octanol–water partition coefficient (Wildman–Crippen LogP) is 8.71.